The van der Waals surface area contributed by atoms with Crippen molar-refractivity contribution in [1.29, 1.82) is 0 Å². The number of pyridine rings is 1. The predicted octanol–water partition coefficient (Wildman–Crippen LogP) is 2.70. The number of rotatable bonds is 4. The maximum absolute atomic E-state index is 9.47. The highest BCUT2D eigenvalue weighted by molar-refractivity contribution is 5.45. The van der Waals surface area contributed by atoms with Gasteiger partial charge in [0, 0.05) is 12.2 Å². The summed E-state index contributed by atoms with van der Waals surface area (Å²) in [5, 5.41) is 9.47. The lowest BCUT2D eigenvalue weighted by Gasteiger charge is -2.39. The minimum atomic E-state index is 0.0614. The van der Waals surface area contributed by atoms with E-state index in [-0.39, 0.29) is 12.7 Å². The van der Waals surface area contributed by atoms with Crippen LogP contribution < -0.4 is 4.90 Å². The van der Waals surface area contributed by atoms with Crippen LogP contribution in [0, 0.1) is 0 Å². The molecule has 1 aliphatic rings. The van der Waals surface area contributed by atoms with Crippen molar-refractivity contribution in [3.8, 4) is 0 Å². The van der Waals surface area contributed by atoms with Gasteiger partial charge in [0.2, 0.25) is 0 Å². The SMILES string of the molecule is CCC1COC(C)CN1c1cc(CO)cc(C(C)C)n1. The normalized spacial score (nSPS) is 23.4. The van der Waals surface area contributed by atoms with E-state index < -0.39 is 0 Å². The van der Waals surface area contributed by atoms with E-state index in [1.165, 1.54) is 0 Å². The molecule has 1 aliphatic heterocycles. The molecule has 1 saturated heterocycles. The Hall–Kier alpha value is -1.13. The van der Waals surface area contributed by atoms with Crippen LogP contribution in [0.2, 0.25) is 0 Å². The number of hydrogen-bond acceptors (Lipinski definition) is 4. The maximum atomic E-state index is 9.47. The molecule has 2 atom stereocenters. The lowest BCUT2D eigenvalue weighted by Crippen LogP contribution is -2.49. The third-order valence-corrected chi connectivity index (χ3v) is 3.90. The van der Waals surface area contributed by atoms with E-state index in [1.807, 2.05) is 12.1 Å². The molecule has 4 heteroatoms. The molecular weight excluding hydrogens is 252 g/mol. The Kier molecular flexibility index (Phi) is 5.00. The molecule has 0 spiro atoms. The number of aliphatic hydroxyl groups is 1. The van der Waals surface area contributed by atoms with E-state index in [4.69, 9.17) is 9.72 Å². The highest BCUT2D eigenvalue weighted by Crippen LogP contribution is 2.25. The maximum Gasteiger partial charge on any atom is 0.129 e. The van der Waals surface area contributed by atoms with Gasteiger partial charge >= 0.3 is 0 Å². The van der Waals surface area contributed by atoms with Crippen LogP contribution in [0.25, 0.3) is 0 Å². The molecule has 0 aromatic carbocycles. The van der Waals surface area contributed by atoms with Crippen LogP contribution in [0.15, 0.2) is 12.1 Å². The second kappa shape index (κ2) is 6.55. The van der Waals surface area contributed by atoms with Crippen LogP contribution in [-0.4, -0.2) is 35.4 Å². The summed E-state index contributed by atoms with van der Waals surface area (Å²) in [6, 6.07) is 4.37. The van der Waals surface area contributed by atoms with Crippen LogP contribution >= 0.6 is 0 Å². The van der Waals surface area contributed by atoms with Gasteiger partial charge in [-0.25, -0.2) is 4.98 Å². The largest absolute Gasteiger partial charge is 0.392 e. The fourth-order valence-electron chi connectivity index (χ4n) is 2.59. The third-order valence-electron chi connectivity index (χ3n) is 3.90. The Morgan fingerprint density at radius 2 is 2.20 bits per heavy atom. The number of hydrogen-bond donors (Lipinski definition) is 1. The van der Waals surface area contributed by atoms with Gasteiger partial charge in [-0.15, -0.1) is 0 Å². The molecule has 0 amide bonds. The first kappa shape index (κ1) is 15.3. The van der Waals surface area contributed by atoms with Crippen molar-refractivity contribution in [1.82, 2.24) is 4.98 Å². The van der Waals surface area contributed by atoms with Gasteiger partial charge in [0.1, 0.15) is 5.82 Å². The van der Waals surface area contributed by atoms with Gasteiger partial charge in [-0.05, 0) is 37.0 Å². The summed E-state index contributed by atoms with van der Waals surface area (Å²) in [6.07, 6.45) is 1.26. The van der Waals surface area contributed by atoms with Crippen LogP contribution in [0.3, 0.4) is 0 Å². The molecule has 112 valence electrons. The lowest BCUT2D eigenvalue weighted by atomic mass is 10.1. The third kappa shape index (κ3) is 3.30. The highest BCUT2D eigenvalue weighted by Gasteiger charge is 2.27. The Labute approximate surface area is 121 Å². The van der Waals surface area contributed by atoms with Crippen LogP contribution in [0.5, 0.6) is 0 Å². The minimum absolute atomic E-state index is 0.0614. The molecule has 0 aliphatic carbocycles. The predicted molar refractivity (Wildman–Crippen MR) is 81.1 cm³/mol. The van der Waals surface area contributed by atoms with Gasteiger partial charge in [-0.1, -0.05) is 20.8 Å². The Bertz CT molecular complexity index is 448. The van der Waals surface area contributed by atoms with Crippen LogP contribution in [0.1, 0.15) is 51.3 Å². The minimum Gasteiger partial charge on any atom is -0.392 e. The molecule has 4 nitrogen and oxygen atoms in total. The van der Waals surface area contributed by atoms with Crippen molar-refractivity contribution in [3.63, 3.8) is 0 Å². The number of aliphatic hydroxyl groups excluding tert-OH is 1. The van der Waals surface area contributed by atoms with Crippen molar-refractivity contribution >= 4 is 5.82 Å². The van der Waals surface area contributed by atoms with Gasteiger partial charge in [-0.2, -0.15) is 0 Å². The Morgan fingerprint density at radius 1 is 1.45 bits per heavy atom. The second-order valence-electron chi connectivity index (χ2n) is 5.93. The summed E-state index contributed by atoms with van der Waals surface area (Å²) in [7, 11) is 0. The summed E-state index contributed by atoms with van der Waals surface area (Å²) in [4.78, 5) is 7.13. The Balaban J connectivity index is 2.35. The quantitative estimate of drug-likeness (QED) is 0.920. The first-order chi connectivity index (χ1) is 9.55. The molecule has 20 heavy (non-hydrogen) atoms. The zero-order valence-electron chi connectivity index (χ0n) is 13.0. The molecule has 1 N–H and O–H groups in total. The average Bonchev–Trinajstić information content (AvgIpc) is 2.46. The lowest BCUT2D eigenvalue weighted by molar-refractivity contribution is 0.0296. The average molecular weight is 278 g/mol. The van der Waals surface area contributed by atoms with E-state index in [0.29, 0.717) is 12.0 Å². The van der Waals surface area contributed by atoms with Crippen molar-refractivity contribution in [3.05, 3.63) is 23.4 Å². The molecular formula is C16H26N2O2. The van der Waals surface area contributed by atoms with Crippen molar-refractivity contribution < 1.29 is 9.84 Å². The monoisotopic (exact) mass is 278 g/mol. The number of ether oxygens (including phenoxy) is 1. The van der Waals surface area contributed by atoms with Crippen LogP contribution in [0.4, 0.5) is 5.82 Å². The number of morpholine rings is 1. The van der Waals surface area contributed by atoms with Gasteiger partial charge < -0.3 is 14.7 Å². The molecule has 1 aromatic rings. The van der Waals surface area contributed by atoms with E-state index in [1.54, 1.807) is 0 Å². The summed E-state index contributed by atoms with van der Waals surface area (Å²) < 4.78 is 5.75. The summed E-state index contributed by atoms with van der Waals surface area (Å²) >= 11 is 0. The highest BCUT2D eigenvalue weighted by atomic mass is 16.5. The Morgan fingerprint density at radius 3 is 2.80 bits per heavy atom. The van der Waals surface area contributed by atoms with Crippen molar-refractivity contribution in [2.45, 2.75) is 58.8 Å². The summed E-state index contributed by atoms with van der Waals surface area (Å²) in [5.74, 6) is 1.33. The molecule has 2 unspecified atom stereocenters. The number of aromatic nitrogens is 1. The van der Waals surface area contributed by atoms with E-state index in [2.05, 4.69) is 32.6 Å². The molecule has 1 aromatic heterocycles. The first-order valence-corrected chi connectivity index (χ1v) is 7.55. The fraction of sp³-hybridized carbons (Fsp3) is 0.688. The summed E-state index contributed by atoms with van der Waals surface area (Å²) in [5.41, 5.74) is 1.98. The molecule has 2 rings (SSSR count). The molecule has 0 radical (unpaired) electrons. The standard InChI is InChI=1S/C16H26N2O2/c1-5-14-10-20-12(4)8-18(14)16-7-13(9-19)6-15(17-16)11(2)3/h6-7,11-12,14,19H,5,8-10H2,1-4H3. The fourth-order valence-corrected chi connectivity index (χ4v) is 2.59. The number of nitrogens with zero attached hydrogens (tertiary/aromatic N) is 2. The smallest absolute Gasteiger partial charge is 0.129 e. The van der Waals surface area contributed by atoms with Gasteiger partial charge in [0.15, 0.2) is 0 Å². The topological polar surface area (TPSA) is 45.6 Å². The molecule has 1 fully saturated rings. The van der Waals surface area contributed by atoms with Crippen LogP contribution in [-0.2, 0) is 11.3 Å². The van der Waals surface area contributed by atoms with Gasteiger partial charge in [-0.3, -0.25) is 0 Å². The molecule has 0 saturated carbocycles. The zero-order valence-corrected chi connectivity index (χ0v) is 13.0. The summed E-state index contributed by atoms with van der Waals surface area (Å²) in [6.45, 7) is 10.2. The van der Waals surface area contributed by atoms with E-state index >= 15 is 0 Å². The first-order valence-electron chi connectivity index (χ1n) is 7.55. The molecule has 2 heterocycles. The van der Waals surface area contributed by atoms with Crippen molar-refractivity contribution in [2.75, 3.05) is 18.1 Å². The van der Waals surface area contributed by atoms with Gasteiger partial charge in [0.05, 0.1) is 25.4 Å². The second-order valence-corrected chi connectivity index (χ2v) is 5.93. The zero-order chi connectivity index (χ0) is 14.7. The van der Waals surface area contributed by atoms with E-state index in [0.717, 1.165) is 36.6 Å². The number of anilines is 1. The molecule has 0 bridgehead atoms. The van der Waals surface area contributed by atoms with Gasteiger partial charge in [0.25, 0.3) is 0 Å². The van der Waals surface area contributed by atoms with E-state index in [9.17, 15) is 5.11 Å². The van der Waals surface area contributed by atoms with Crippen molar-refractivity contribution in [2.24, 2.45) is 0 Å².